The van der Waals surface area contributed by atoms with Crippen LogP contribution in [0.2, 0.25) is 0 Å². The second kappa shape index (κ2) is 19.1. The van der Waals surface area contributed by atoms with Gasteiger partial charge in [0.25, 0.3) is 5.56 Å². The molecule has 11 N–H and O–H groups in total. The Morgan fingerprint density at radius 1 is 0.651 bits per heavy atom. The monoisotopic (exact) mass is 980 g/mol. The van der Waals surface area contributed by atoms with Crippen molar-refractivity contribution in [2.45, 2.75) is 81.5 Å². The van der Waals surface area contributed by atoms with E-state index >= 15 is 0 Å². The summed E-state index contributed by atoms with van der Waals surface area (Å²) in [5.74, 6) is -0.320. The van der Waals surface area contributed by atoms with Crippen LogP contribution >= 0.6 is 31.3 Å². The van der Waals surface area contributed by atoms with Gasteiger partial charge in [0.1, 0.15) is 66.9 Å². The van der Waals surface area contributed by atoms with Crippen molar-refractivity contribution in [3.05, 3.63) is 78.1 Å². The van der Waals surface area contributed by atoms with Gasteiger partial charge in [0.05, 0.1) is 19.8 Å². The molecule has 3 aliphatic rings. The summed E-state index contributed by atoms with van der Waals surface area (Å²) in [7, 11) is -21.0. The third kappa shape index (κ3) is 13.0. The number of aryl methyl sites for hydroxylation is 1. The number of hydrogen-bond donors (Lipinski definition) is 9. The molecule has 31 nitrogen and oxygen atoms in total. The Balaban J connectivity index is 1.17. The van der Waals surface area contributed by atoms with Gasteiger partial charge in [-0.15, -0.1) is 0 Å². The van der Waals surface area contributed by atoms with Gasteiger partial charge in [-0.05, 0) is 19.1 Å². The highest BCUT2D eigenvalue weighted by Gasteiger charge is 2.47. The van der Waals surface area contributed by atoms with Crippen LogP contribution in [0.5, 0.6) is 0 Å². The van der Waals surface area contributed by atoms with Crippen molar-refractivity contribution < 1.29 is 89.0 Å². The third-order valence-electron chi connectivity index (χ3n) is 9.34. The van der Waals surface area contributed by atoms with Crippen LogP contribution in [0, 0.1) is 6.92 Å². The first-order chi connectivity index (χ1) is 29.2. The number of ether oxygens (including phenoxy) is 3. The summed E-state index contributed by atoms with van der Waals surface area (Å²) in [6.45, 7) is -1.51. The number of H-pyrrole nitrogens is 1. The molecule has 350 valence electrons. The van der Waals surface area contributed by atoms with Crippen LogP contribution in [0.4, 0.5) is 11.6 Å². The molecule has 2 unspecified atom stereocenters. The lowest BCUT2D eigenvalue weighted by Crippen LogP contribution is -2.33. The predicted molar refractivity (Wildman–Crippen MR) is 204 cm³/mol. The minimum Gasteiger partial charge on any atom is -0.383 e. The van der Waals surface area contributed by atoms with Crippen LogP contribution in [0.15, 0.2) is 49.9 Å². The van der Waals surface area contributed by atoms with E-state index in [0.29, 0.717) is 0 Å². The standard InChI is InChI=1S/C28H40N8O23P4/c1-13-9-36(28(40)33-25(13)37)24-6-14(57-61(44,45)46)18(56-24)11-52-62(47,48)59-16-8-23(35-5-3-21(30)32-27(35)39)55-19(16)12-53-63(49,50)58-15-7-22(34-4-2-20(29)31-26(34)38)54-17(15)10-51-60(41,42)43/h2-5,9,14-19,22-24H,6-8,10-12H2,1H3,(H,47,48)(H,49,50)(H2,29,31,38)(H2,30,32,39)(H,33,37,40)(H2,41,42,43)(H2,44,45,46)/t14-,15-,16-,17+,18+,19+,22+,23+,24+/m0/s1. The molecule has 11 atom stereocenters. The lowest BCUT2D eigenvalue weighted by atomic mass is 10.2. The maximum absolute atomic E-state index is 13.4. The van der Waals surface area contributed by atoms with E-state index in [1.807, 2.05) is 4.98 Å². The van der Waals surface area contributed by atoms with E-state index in [-0.39, 0.29) is 17.2 Å². The molecule has 0 aromatic carbocycles. The second-order valence-electron chi connectivity index (χ2n) is 13.9. The van der Waals surface area contributed by atoms with Crippen molar-refractivity contribution in [1.82, 2.24) is 28.7 Å². The zero-order valence-electron chi connectivity index (χ0n) is 32.1. The SMILES string of the molecule is Cc1cn([C@H]2C[C@H](OP(=O)(O)O)[C@@H](COP(=O)(O)O[C@H]3C[C@H](n4ccc(N)nc4=O)O[C@@H]3COP(=O)(O)O[C@H]3C[C@H](n4ccc(N)nc4=O)O[C@@H]3COP(=O)(O)O)O2)c(=O)[nH]c1=O. The van der Waals surface area contributed by atoms with Gasteiger partial charge >= 0.3 is 48.4 Å². The molecule has 0 amide bonds. The average molecular weight is 981 g/mol. The zero-order chi connectivity index (χ0) is 46.2. The van der Waals surface area contributed by atoms with Crippen molar-refractivity contribution in [1.29, 1.82) is 0 Å². The fraction of sp³-hybridized carbons (Fsp3) is 0.571. The topological polar surface area (TPSA) is 449 Å². The number of aromatic amines is 1. The fourth-order valence-electron chi connectivity index (χ4n) is 6.57. The molecule has 0 radical (unpaired) electrons. The Kier molecular flexibility index (Phi) is 14.8. The maximum atomic E-state index is 13.4. The predicted octanol–water partition coefficient (Wildman–Crippen LogP) is -2.02. The van der Waals surface area contributed by atoms with Crippen LogP contribution in [-0.2, 0) is 59.6 Å². The molecule has 63 heavy (non-hydrogen) atoms. The van der Waals surface area contributed by atoms with Gasteiger partial charge in [-0.3, -0.25) is 50.6 Å². The summed E-state index contributed by atoms with van der Waals surface area (Å²) in [6, 6.07) is 2.45. The number of aromatic nitrogens is 6. The third-order valence-corrected chi connectivity index (χ3v) is 12.4. The van der Waals surface area contributed by atoms with E-state index < -0.39 is 148 Å². The molecular formula is C28H40N8O23P4. The maximum Gasteiger partial charge on any atom is 0.472 e. The van der Waals surface area contributed by atoms with E-state index in [9.17, 15) is 66.8 Å². The van der Waals surface area contributed by atoms with Gasteiger partial charge in [0.2, 0.25) is 0 Å². The normalized spacial score (nSPS) is 28.5. The summed E-state index contributed by atoms with van der Waals surface area (Å²) in [6.07, 6.45) is -11.2. The van der Waals surface area contributed by atoms with Gasteiger partial charge in [0.15, 0.2) is 0 Å². The molecule has 3 aliphatic heterocycles. The summed E-state index contributed by atoms with van der Waals surface area (Å²) < 4.78 is 100. The van der Waals surface area contributed by atoms with E-state index in [4.69, 9.17) is 48.3 Å². The molecule has 6 rings (SSSR count). The fourth-order valence-corrected chi connectivity index (χ4v) is 9.41. The zero-order valence-corrected chi connectivity index (χ0v) is 35.7. The second-order valence-corrected chi connectivity index (χ2v) is 19.1. The van der Waals surface area contributed by atoms with Crippen LogP contribution in [0.25, 0.3) is 0 Å². The largest absolute Gasteiger partial charge is 0.472 e. The summed E-state index contributed by atoms with van der Waals surface area (Å²) in [5.41, 5.74) is 7.64. The first-order valence-electron chi connectivity index (χ1n) is 18.0. The number of phosphoric acid groups is 4. The quantitative estimate of drug-likeness (QED) is 0.0621. The molecule has 3 fully saturated rings. The first-order valence-corrected chi connectivity index (χ1v) is 24.0. The summed E-state index contributed by atoms with van der Waals surface area (Å²) in [4.78, 5) is 118. The van der Waals surface area contributed by atoms with Gasteiger partial charge in [-0.25, -0.2) is 32.6 Å². The molecule has 35 heteroatoms. The Morgan fingerprint density at radius 2 is 1.05 bits per heavy atom. The number of rotatable bonds is 18. The number of nitrogens with zero attached hydrogens (tertiary/aromatic N) is 5. The number of hydrogen-bond acceptors (Lipinski definition) is 21. The van der Waals surface area contributed by atoms with Crippen LogP contribution in [0.1, 0.15) is 43.5 Å². The van der Waals surface area contributed by atoms with Crippen LogP contribution in [0.3, 0.4) is 0 Å². The molecule has 0 aliphatic carbocycles. The Bertz CT molecular complexity index is 2600. The van der Waals surface area contributed by atoms with Crippen molar-refractivity contribution in [3.63, 3.8) is 0 Å². The summed E-state index contributed by atoms with van der Waals surface area (Å²) >= 11 is 0. The van der Waals surface area contributed by atoms with Crippen molar-refractivity contribution in [2.75, 3.05) is 31.3 Å². The number of anilines is 2. The molecule has 3 saturated heterocycles. The molecule has 0 saturated carbocycles. The molecule has 0 bridgehead atoms. The number of nitrogens with two attached hydrogens (primary N) is 2. The molecule has 0 spiro atoms. The summed E-state index contributed by atoms with van der Waals surface area (Å²) in [5, 5.41) is 0. The average Bonchev–Trinajstić information content (AvgIpc) is 3.85. The van der Waals surface area contributed by atoms with E-state index in [2.05, 4.69) is 14.5 Å². The number of nitrogen functional groups attached to an aromatic ring is 2. The van der Waals surface area contributed by atoms with Gasteiger partial charge in [-0.1, -0.05) is 0 Å². The van der Waals surface area contributed by atoms with Gasteiger partial charge in [0, 0.05) is 43.4 Å². The van der Waals surface area contributed by atoms with Crippen molar-refractivity contribution in [3.8, 4) is 0 Å². The first kappa shape index (κ1) is 48.8. The highest BCUT2D eigenvalue weighted by molar-refractivity contribution is 7.47. The molecular weight excluding hydrogens is 940 g/mol. The van der Waals surface area contributed by atoms with E-state index in [0.717, 1.165) is 26.1 Å². The lowest BCUT2D eigenvalue weighted by Gasteiger charge is -2.25. The van der Waals surface area contributed by atoms with E-state index in [1.165, 1.54) is 25.3 Å². The Labute approximate surface area is 351 Å². The number of nitrogens with one attached hydrogen (secondary N) is 1. The van der Waals surface area contributed by atoms with Crippen LogP contribution < -0.4 is 34.1 Å². The van der Waals surface area contributed by atoms with Crippen molar-refractivity contribution >= 4 is 42.9 Å². The highest BCUT2D eigenvalue weighted by Crippen LogP contribution is 2.53. The van der Waals surface area contributed by atoms with Crippen LogP contribution in [-0.4, -0.2) is 114 Å². The molecule has 3 aromatic rings. The van der Waals surface area contributed by atoms with E-state index in [1.54, 1.807) is 0 Å². The molecule has 3 aromatic heterocycles. The minimum atomic E-state index is -5.33. The molecule has 6 heterocycles. The highest BCUT2D eigenvalue weighted by atomic mass is 31.2. The Hall–Kier alpha value is -3.64. The Morgan fingerprint density at radius 3 is 1.44 bits per heavy atom. The van der Waals surface area contributed by atoms with Crippen molar-refractivity contribution in [2.24, 2.45) is 0 Å². The number of phosphoric ester groups is 4. The van der Waals surface area contributed by atoms with Gasteiger partial charge in [-0.2, -0.15) is 9.97 Å². The van der Waals surface area contributed by atoms with Gasteiger partial charge < -0.3 is 55.0 Å². The smallest absolute Gasteiger partial charge is 0.383 e. The minimum absolute atomic E-state index is 0.0682. The lowest BCUT2D eigenvalue weighted by molar-refractivity contribution is -0.0614.